The second-order valence-corrected chi connectivity index (χ2v) is 11.1. The zero-order valence-corrected chi connectivity index (χ0v) is 21.6. The van der Waals surface area contributed by atoms with E-state index in [2.05, 4.69) is 24.5 Å². The Bertz CT molecular complexity index is 344. The van der Waals surface area contributed by atoms with Crippen LogP contribution in [-0.2, 0) is 0 Å². The third kappa shape index (κ3) is 13.3. The SMILES string of the molecule is CCCCCCCCNC1CCC(CC2CCC(NCCCCCCCC)CC2)CC1. The van der Waals surface area contributed by atoms with Crippen molar-refractivity contribution in [3.05, 3.63) is 0 Å². The van der Waals surface area contributed by atoms with Crippen LogP contribution in [0.25, 0.3) is 0 Å². The third-order valence-corrected chi connectivity index (χ3v) is 8.29. The second kappa shape index (κ2) is 18.4. The van der Waals surface area contributed by atoms with Gasteiger partial charge in [-0.15, -0.1) is 0 Å². The largest absolute Gasteiger partial charge is 0.314 e. The molecule has 0 aromatic carbocycles. The van der Waals surface area contributed by atoms with E-state index in [0.717, 1.165) is 23.9 Å². The minimum Gasteiger partial charge on any atom is -0.314 e. The molecule has 0 amide bonds. The van der Waals surface area contributed by atoms with Crippen molar-refractivity contribution in [2.45, 2.75) is 161 Å². The van der Waals surface area contributed by atoms with E-state index < -0.39 is 0 Å². The maximum Gasteiger partial charge on any atom is 0.00672 e. The van der Waals surface area contributed by atoms with E-state index in [0.29, 0.717) is 0 Å². The summed E-state index contributed by atoms with van der Waals surface area (Å²) in [6, 6.07) is 1.66. The highest BCUT2D eigenvalue weighted by Crippen LogP contribution is 2.35. The lowest BCUT2D eigenvalue weighted by atomic mass is 9.75. The van der Waals surface area contributed by atoms with E-state index in [1.807, 2.05) is 0 Å². The first-order valence-corrected chi connectivity index (χ1v) is 14.8. The third-order valence-electron chi connectivity index (χ3n) is 8.29. The highest BCUT2D eigenvalue weighted by Gasteiger charge is 2.26. The summed E-state index contributed by atoms with van der Waals surface area (Å²) in [6.07, 6.45) is 30.2. The van der Waals surface area contributed by atoms with Gasteiger partial charge in [0.2, 0.25) is 0 Å². The molecule has 0 atom stereocenters. The maximum absolute atomic E-state index is 3.87. The monoisotopic (exact) mass is 434 g/mol. The molecule has 0 heterocycles. The molecule has 0 aliphatic heterocycles. The van der Waals surface area contributed by atoms with Crippen molar-refractivity contribution in [1.29, 1.82) is 0 Å². The van der Waals surface area contributed by atoms with Crippen molar-refractivity contribution in [1.82, 2.24) is 10.6 Å². The molecule has 2 nitrogen and oxygen atoms in total. The second-order valence-electron chi connectivity index (χ2n) is 11.1. The molecule has 0 radical (unpaired) electrons. The van der Waals surface area contributed by atoms with Crippen molar-refractivity contribution in [3.8, 4) is 0 Å². The van der Waals surface area contributed by atoms with E-state index in [-0.39, 0.29) is 0 Å². The minimum atomic E-state index is 0.828. The Morgan fingerprint density at radius 2 is 0.806 bits per heavy atom. The van der Waals surface area contributed by atoms with Crippen molar-refractivity contribution >= 4 is 0 Å². The summed E-state index contributed by atoms with van der Waals surface area (Å²) in [7, 11) is 0. The topological polar surface area (TPSA) is 24.1 Å². The molecule has 2 N–H and O–H groups in total. The Balaban J connectivity index is 1.41. The molecule has 2 fully saturated rings. The fraction of sp³-hybridized carbons (Fsp3) is 1.00. The molecule has 31 heavy (non-hydrogen) atoms. The van der Waals surface area contributed by atoms with Crippen LogP contribution < -0.4 is 10.6 Å². The first kappa shape index (κ1) is 27.2. The van der Waals surface area contributed by atoms with Crippen LogP contribution in [0.2, 0.25) is 0 Å². The van der Waals surface area contributed by atoms with Crippen LogP contribution in [0.15, 0.2) is 0 Å². The van der Waals surface area contributed by atoms with Crippen LogP contribution >= 0.6 is 0 Å². The lowest BCUT2D eigenvalue weighted by Gasteiger charge is -2.34. The van der Waals surface area contributed by atoms with Crippen LogP contribution in [0.3, 0.4) is 0 Å². The molecule has 184 valence electrons. The van der Waals surface area contributed by atoms with Gasteiger partial charge in [0, 0.05) is 12.1 Å². The predicted molar refractivity (Wildman–Crippen MR) is 139 cm³/mol. The molecule has 0 aromatic heterocycles. The van der Waals surface area contributed by atoms with E-state index in [1.54, 1.807) is 0 Å². The van der Waals surface area contributed by atoms with Gasteiger partial charge in [-0.3, -0.25) is 0 Å². The molecule has 0 bridgehead atoms. The van der Waals surface area contributed by atoms with E-state index in [1.165, 1.54) is 148 Å². The van der Waals surface area contributed by atoms with Gasteiger partial charge in [0.05, 0.1) is 0 Å². The van der Waals surface area contributed by atoms with Gasteiger partial charge in [0.15, 0.2) is 0 Å². The van der Waals surface area contributed by atoms with Crippen LogP contribution in [0.5, 0.6) is 0 Å². The number of hydrogen-bond acceptors (Lipinski definition) is 2. The molecule has 0 aromatic rings. The Hall–Kier alpha value is -0.0800. The van der Waals surface area contributed by atoms with E-state index in [4.69, 9.17) is 0 Å². The predicted octanol–water partition coefficient (Wildman–Crippen LogP) is 8.39. The average Bonchev–Trinajstić information content (AvgIpc) is 2.80. The van der Waals surface area contributed by atoms with Crippen LogP contribution in [0.4, 0.5) is 0 Å². The van der Waals surface area contributed by atoms with Gasteiger partial charge in [-0.1, -0.05) is 78.1 Å². The van der Waals surface area contributed by atoms with E-state index in [9.17, 15) is 0 Å². The highest BCUT2D eigenvalue weighted by molar-refractivity contribution is 4.82. The van der Waals surface area contributed by atoms with Crippen molar-refractivity contribution in [2.24, 2.45) is 11.8 Å². The smallest absolute Gasteiger partial charge is 0.00672 e. The van der Waals surface area contributed by atoms with Gasteiger partial charge >= 0.3 is 0 Å². The maximum atomic E-state index is 3.87. The van der Waals surface area contributed by atoms with Gasteiger partial charge < -0.3 is 10.6 Å². The fourth-order valence-electron chi connectivity index (χ4n) is 6.10. The van der Waals surface area contributed by atoms with Gasteiger partial charge in [0.25, 0.3) is 0 Å². The Morgan fingerprint density at radius 3 is 1.19 bits per heavy atom. The van der Waals surface area contributed by atoms with Crippen molar-refractivity contribution < 1.29 is 0 Å². The summed E-state index contributed by atoms with van der Waals surface area (Å²) in [5, 5.41) is 7.75. The Morgan fingerprint density at radius 1 is 0.452 bits per heavy atom. The number of nitrogens with one attached hydrogen (secondary N) is 2. The summed E-state index contributed by atoms with van der Waals surface area (Å²) >= 11 is 0. The number of rotatable bonds is 18. The first-order valence-electron chi connectivity index (χ1n) is 14.8. The fourth-order valence-corrected chi connectivity index (χ4v) is 6.10. The number of hydrogen-bond donors (Lipinski definition) is 2. The van der Waals surface area contributed by atoms with Gasteiger partial charge in [-0.25, -0.2) is 0 Å². The highest BCUT2D eigenvalue weighted by atomic mass is 14.9. The van der Waals surface area contributed by atoms with Gasteiger partial charge in [-0.05, 0) is 95.6 Å². The lowest BCUT2D eigenvalue weighted by Crippen LogP contribution is -2.36. The molecular formula is C29H58N2. The normalized spacial score (nSPS) is 26.9. The Labute approximate surface area is 196 Å². The summed E-state index contributed by atoms with van der Waals surface area (Å²) < 4.78 is 0. The standard InChI is InChI=1S/C29H58N2/c1-3-5-7-9-11-13-23-30-28-19-15-26(16-20-28)25-27-17-21-29(22-18-27)31-24-14-12-10-8-6-4-2/h26-31H,3-25H2,1-2H3. The van der Waals surface area contributed by atoms with Crippen LogP contribution in [0.1, 0.15) is 149 Å². The quantitative estimate of drug-likeness (QED) is 0.212. The molecule has 2 aliphatic carbocycles. The summed E-state index contributed by atoms with van der Waals surface area (Å²) in [6.45, 7) is 7.13. The molecule has 0 saturated heterocycles. The molecule has 2 aliphatic rings. The van der Waals surface area contributed by atoms with Gasteiger partial charge in [0.1, 0.15) is 0 Å². The van der Waals surface area contributed by atoms with Gasteiger partial charge in [-0.2, -0.15) is 0 Å². The van der Waals surface area contributed by atoms with Crippen LogP contribution in [-0.4, -0.2) is 25.2 Å². The minimum absolute atomic E-state index is 0.828. The van der Waals surface area contributed by atoms with Crippen molar-refractivity contribution in [2.75, 3.05) is 13.1 Å². The van der Waals surface area contributed by atoms with E-state index >= 15 is 0 Å². The molecule has 2 saturated carbocycles. The summed E-state index contributed by atoms with van der Waals surface area (Å²) in [5.74, 6) is 2.06. The molecule has 0 unspecified atom stereocenters. The van der Waals surface area contributed by atoms with Crippen molar-refractivity contribution in [3.63, 3.8) is 0 Å². The number of unbranched alkanes of at least 4 members (excludes halogenated alkanes) is 10. The molecule has 2 rings (SSSR count). The first-order chi connectivity index (χ1) is 15.3. The zero-order valence-electron chi connectivity index (χ0n) is 21.6. The zero-order chi connectivity index (χ0) is 22.0. The lowest BCUT2D eigenvalue weighted by molar-refractivity contribution is 0.206. The molecule has 2 heteroatoms. The average molecular weight is 435 g/mol. The molecule has 0 spiro atoms. The van der Waals surface area contributed by atoms with Crippen LogP contribution in [0, 0.1) is 11.8 Å². The summed E-state index contributed by atoms with van der Waals surface area (Å²) in [4.78, 5) is 0. The Kier molecular flexibility index (Phi) is 16.1. The summed E-state index contributed by atoms with van der Waals surface area (Å²) in [5.41, 5.74) is 0. The molecular weight excluding hydrogens is 376 g/mol.